The third-order valence-corrected chi connectivity index (χ3v) is 2.42. The van der Waals surface area contributed by atoms with Gasteiger partial charge in [0.2, 0.25) is 18.2 Å². The molecule has 0 heterocycles. The normalized spacial score (nSPS) is 15.3. The number of rotatable bonds is 10. The van der Waals surface area contributed by atoms with Gasteiger partial charge in [-0.2, -0.15) is 0 Å². The molecule has 0 saturated carbocycles. The van der Waals surface area contributed by atoms with E-state index in [2.05, 4.69) is 10.6 Å². The molecule has 0 aromatic heterocycles. The first-order valence-electron chi connectivity index (χ1n) is 5.65. The fraction of sp³-hybridized carbons (Fsp3) is 0.545. The molecule has 0 saturated heterocycles. The Hall–Kier alpha value is -1.97. The Kier molecular flexibility index (Phi) is 8.92. The van der Waals surface area contributed by atoms with Gasteiger partial charge in [-0.25, -0.2) is 0 Å². The van der Waals surface area contributed by atoms with Crippen LogP contribution in [0.15, 0.2) is 12.3 Å². The summed E-state index contributed by atoms with van der Waals surface area (Å²) in [6.45, 7) is -0.0242. The fourth-order valence-electron chi connectivity index (χ4n) is 1.40. The van der Waals surface area contributed by atoms with Gasteiger partial charge in [0.1, 0.15) is 12.2 Å². The van der Waals surface area contributed by atoms with E-state index in [1.165, 1.54) is 14.2 Å². The van der Waals surface area contributed by atoms with Crippen LogP contribution in [0.5, 0.6) is 0 Å². The molecule has 0 fully saturated rings. The van der Waals surface area contributed by atoms with E-state index in [-0.39, 0.29) is 6.54 Å². The van der Waals surface area contributed by atoms with Crippen molar-refractivity contribution in [2.24, 2.45) is 5.73 Å². The molecule has 3 atom stereocenters. The van der Waals surface area contributed by atoms with E-state index < -0.39 is 30.1 Å². The van der Waals surface area contributed by atoms with E-state index in [1.807, 2.05) is 0 Å². The number of amides is 3. The number of aliphatic hydroxyl groups excluding tert-OH is 1. The maximum atomic E-state index is 11.3. The molecule has 0 rings (SSSR count). The smallest absolute Gasteiger partial charge is 0.249 e. The van der Waals surface area contributed by atoms with Gasteiger partial charge in [0.05, 0.1) is 0 Å². The van der Waals surface area contributed by atoms with E-state index in [4.69, 9.17) is 15.2 Å². The summed E-state index contributed by atoms with van der Waals surface area (Å²) in [4.78, 5) is 32.2. The molecule has 0 bridgehead atoms. The Bertz CT molecular complexity index is 360. The van der Waals surface area contributed by atoms with Crippen molar-refractivity contribution in [1.29, 1.82) is 0 Å². The summed E-state index contributed by atoms with van der Waals surface area (Å²) in [6, 6.07) is 0. The number of primary amides is 1. The fourth-order valence-corrected chi connectivity index (χ4v) is 1.40. The molecule has 5 N–H and O–H groups in total. The highest BCUT2D eigenvalue weighted by Crippen LogP contribution is 2.07. The summed E-state index contributed by atoms with van der Waals surface area (Å²) in [6.07, 6.45) is -0.710. The Labute approximate surface area is 116 Å². The molecule has 3 unspecified atom stereocenters. The second-order valence-electron chi connectivity index (χ2n) is 3.68. The van der Waals surface area contributed by atoms with Crippen LogP contribution >= 0.6 is 0 Å². The quantitative estimate of drug-likeness (QED) is 0.254. The molecule has 9 nitrogen and oxygen atoms in total. The summed E-state index contributed by atoms with van der Waals surface area (Å²) < 4.78 is 10.0. The second-order valence-corrected chi connectivity index (χ2v) is 3.68. The lowest BCUT2D eigenvalue weighted by Gasteiger charge is -2.27. The van der Waals surface area contributed by atoms with E-state index in [0.717, 1.165) is 12.3 Å². The van der Waals surface area contributed by atoms with Crippen LogP contribution < -0.4 is 16.4 Å². The number of nitrogens with one attached hydrogen (secondary N) is 2. The van der Waals surface area contributed by atoms with Crippen LogP contribution in [0.1, 0.15) is 0 Å². The van der Waals surface area contributed by atoms with Crippen molar-refractivity contribution in [3.63, 3.8) is 0 Å². The Morgan fingerprint density at radius 2 is 2.00 bits per heavy atom. The lowest BCUT2D eigenvalue weighted by molar-refractivity contribution is -0.142. The molecule has 0 aliphatic carbocycles. The van der Waals surface area contributed by atoms with Crippen LogP contribution in [-0.2, 0) is 23.9 Å². The van der Waals surface area contributed by atoms with Crippen LogP contribution in [0.3, 0.4) is 0 Å². The SMILES string of the molecule is COC(CNC(=O)/C=C\NC=O)C(OC)C(O)C(N)=O. The molecular weight excluding hydrogens is 270 g/mol. The Balaban J connectivity index is 4.48. The number of carbonyl (C=O) groups is 3. The first-order chi connectivity index (χ1) is 9.47. The van der Waals surface area contributed by atoms with Crippen molar-refractivity contribution in [3.05, 3.63) is 12.3 Å². The summed E-state index contributed by atoms with van der Waals surface area (Å²) in [5.41, 5.74) is 4.98. The third-order valence-electron chi connectivity index (χ3n) is 2.42. The van der Waals surface area contributed by atoms with Gasteiger partial charge in [-0.1, -0.05) is 0 Å². The van der Waals surface area contributed by atoms with E-state index in [9.17, 15) is 19.5 Å². The largest absolute Gasteiger partial charge is 0.380 e. The summed E-state index contributed by atoms with van der Waals surface area (Å²) in [5, 5.41) is 14.2. The van der Waals surface area contributed by atoms with Gasteiger partial charge in [-0.15, -0.1) is 0 Å². The van der Waals surface area contributed by atoms with Gasteiger partial charge < -0.3 is 30.9 Å². The lowest BCUT2D eigenvalue weighted by atomic mass is 10.1. The summed E-state index contributed by atoms with van der Waals surface area (Å²) >= 11 is 0. The number of hydrogen-bond acceptors (Lipinski definition) is 6. The molecule has 0 aromatic rings. The summed E-state index contributed by atoms with van der Waals surface area (Å²) in [7, 11) is 2.61. The standard InChI is InChI=1S/C11H19N3O6/c1-19-7(10(20-2)9(17)11(12)18)5-14-8(16)3-4-13-6-15/h3-4,6-7,9-10,17H,5H2,1-2H3,(H2,12,18)(H,13,15)(H,14,16)/b4-3-. The van der Waals surface area contributed by atoms with E-state index in [0.29, 0.717) is 6.41 Å². The molecular formula is C11H19N3O6. The van der Waals surface area contributed by atoms with Crippen LogP contribution in [0.4, 0.5) is 0 Å². The van der Waals surface area contributed by atoms with Crippen LogP contribution in [0.2, 0.25) is 0 Å². The molecule has 0 aliphatic rings. The first kappa shape index (κ1) is 18.0. The van der Waals surface area contributed by atoms with Crippen molar-refractivity contribution in [2.75, 3.05) is 20.8 Å². The van der Waals surface area contributed by atoms with Gasteiger partial charge in [-0.3, -0.25) is 14.4 Å². The van der Waals surface area contributed by atoms with Gasteiger partial charge in [0, 0.05) is 33.0 Å². The number of hydrogen-bond donors (Lipinski definition) is 4. The average molecular weight is 289 g/mol. The highest BCUT2D eigenvalue weighted by atomic mass is 16.5. The van der Waals surface area contributed by atoms with Crippen LogP contribution in [0.25, 0.3) is 0 Å². The predicted molar refractivity (Wildman–Crippen MR) is 68.1 cm³/mol. The molecule has 0 radical (unpaired) electrons. The Morgan fingerprint density at radius 1 is 1.35 bits per heavy atom. The number of carbonyl (C=O) groups excluding carboxylic acids is 3. The monoisotopic (exact) mass is 289 g/mol. The molecule has 0 spiro atoms. The average Bonchev–Trinajstić information content (AvgIpc) is 2.42. The van der Waals surface area contributed by atoms with Crippen LogP contribution in [0, 0.1) is 0 Å². The summed E-state index contributed by atoms with van der Waals surface area (Å²) in [5.74, 6) is -1.45. The highest BCUT2D eigenvalue weighted by Gasteiger charge is 2.32. The molecule has 0 aromatic carbocycles. The van der Waals surface area contributed by atoms with Crippen molar-refractivity contribution in [3.8, 4) is 0 Å². The zero-order valence-electron chi connectivity index (χ0n) is 11.2. The Morgan fingerprint density at radius 3 is 2.45 bits per heavy atom. The first-order valence-corrected chi connectivity index (χ1v) is 5.65. The topological polar surface area (TPSA) is 140 Å². The zero-order chi connectivity index (χ0) is 15.5. The molecule has 114 valence electrons. The number of ether oxygens (including phenoxy) is 2. The van der Waals surface area contributed by atoms with Crippen molar-refractivity contribution < 1.29 is 29.0 Å². The minimum Gasteiger partial charge on any atom is -0.380 e. The molecule has 3 amide bonds. The number of aliphatic hydroxyl groups is 1. The lowest BCUT2D eigenvalue weighted by Crippen LogP contribution is -2.51. The van der Waals surface area contributed by atoms with Gasteiger partial charge in [-0.05, 0) is 0 Å². The van der Waals surface area contributed by atoms with Gasteiger partial charge in [0.15, 0.2) is 6.10 Å². The second kappa shape index (κ2) is 9.89. The number of nitrogens with two attached hydrogens (primary N) is 1. The van der Waals surface area contributed by atoms with E-state index >= 15 is 0 Å². The number of methoxy groups -OCH3 is 2. The van der Waals surface area contributed by atoms with Gasteiger partial charge >= 0.3 is 0 Å². The predicted octanol–water partition coefficient (Wildman–Crippen LogP) is -2.76. The highest BCUT2D eigenvalue weighted by molar-refractivity contribution is 5.87. The van der Waals surface area contributed by atoms with E-state index in [1.54, 1.807) is 0 Å². The van der Waals surface area contributed by atoms with Crippen LogP contribution in [-0.4, -0.2) is 62.4 Å². The van der Waals surface area contributed by atoms with Crippen molar-refractivity contribution in [1.82, 2.24) is 10.6 Å². The van der Waals surface area contributed by atoms with Crippen molar-refractivity contribution in [2.45, 2.75) is 18.3 Å². The van der Waals surface area contributed by atoms with Gasteiger partial charge in [0.25, 0.3) is 0 Å². The molecule has 9 heteroatoms. The third kappa shape index (κ3) is 6.27. The minimum absolute atomic E-state index is 0.0242. The minimum atomic E-state index is -1.56. The molecule has 20 heavy (non-hydrogen) atoms. The zero-order valence-corrected chi connectivity index (χ0v) is 11.2. The molecule has 0 aliphatic heterocycles. The van der Waals surface area contributed by atoms with Crippen molar-refractivity contribution >= 4 is 18.2 Å². The maximum Gasteiger partial charge on any atom is 0.249 e. The maximum absolute atomic E-state index is 11.3.